The number of nitrogens with one attached hydrogen (secondary N) is 1. The first-order valence-corrected chi connectivity index (χ1v) is 8.20. The number of para-hydroxylation sites is 1. The van der Waals surface area contributed by atoms with Gasteiger partial charge in [-0.25, -0.2) is 4.99 Å². The number of phenols is 2. The first-order valence-electron chi connectivity index (χ1n) is 8.20. The molecule has 0 aliphatic carbocycles. The summed E-state index contributed by atoms with van der Waals surface area (Å²) in [6, 6.07) is 24.1. The molecule has 1 aliphatic rings. The molecule has 3 aromatic carbocycles. The van der Waals surface area contributed by atoms with Crippen molar-refractivity contribution >= 4 is 17.2 Å². The van der Waals surface area contributed by atoms with Crippen LogP contribution >= 0.6 is 0 Å². The number of amidine groups is 1. The average molecular weight is 343 g/mol. The molecule has 4 rings (SSSR count). The Bertz CT molecular complexity index is 983. The van der Waals surface area contributed by atoms with Crippen LogP contribution in [0.4, 0.5) is 5.69 Å². The molecule has 0 aromatic heterocycles. The van der Waals surface area contributed by atoms with Crippen molar-refractivity contribution in [3.05, 3.63) is 96.2 Å². The Balaban J connectivity index is 1.81. The lowest BCUT2D eigenvalue weighted by molar-refractivity contribution is 0.449. The predicted octanol–water partition coefficient (Wildman–Crippen LogP) is 3.87. The van der Waals surface area contributed by atoms with E-state index in [2.05, 4.69) is 10.4 Å². The standard InChI is InChI=1S/C21H17N3O2/c25-17-11-12-18(20(26)13-17)21-22-19(15-7-3-1-4-8-15)14-24(23-21)16-9-5-2-6-10-16/h1-14,25-26H,(H,22,23). The van der Waals surface area contributed by atoms with Gasteiger partial charge in [-0.05, 0) is 24.3 Å². The van der Waals surface area contributed by atoms with Crippen molar-refractivity contribution in [1.82, 2.24) is 5.43 Å². The second kappa shape index (κ2) is 6.64. The number of rotatable bonds is 3. The summed E-state index contributed by atoms with van der Waals surface area (Å²) >= 11 is 0. The fraction of sp³-hybridized carbons (Fsp3) is 0. The highest BCUT2D eigenvalue weighted by Gasteiger charge is 2.19. The van der Waals surface area contributed by atoms with Crippen molar-refractivity contribution in [2.24, 2.45) is 4.99 Å². The number of anilines is 1. The molecular formula is C21H17N3O2. The topological polar surface area (TPSA) is 68.1 Å². The minimum atomic E-state index is -0.0430. The Kier molecular flexibility index (Phi) is 4.03. The van der Waals surface area contributed by atoms with E-state index in [0.29, 0.717) is 11.4 Å². The number of benzene rings is 3. The predicted molar refractivity (Wildman–Crippen MR) is 103 cm³/mol. The van der Waals surface area contributed by atoms with E-state index in [9.17, 15) is 10.2 Å². The largest absolute Gasteiger partial charge is 0.508 e. The Morgan fingerprint density at radius 1 is 0.808 bits per heavy atom. The summed E-state index contributed by atoms with van der Waals surface area (Å²) in [5.41, 5.74) is 6.38. The van der Waals surface area contributed by atoms with E-state index >= 15 is 0 Å². The summed E-state index contributed by atoms with van der Waals surface area (Å²) in [5.74, 6) is 0.452. The number of aromatic hydroxyl groups is 2. The van der Waals surface area contributed by atoms with Gasteiger partial charge >= 0.3 is 0 Å². The maximum Gasteiger partial charge on any atom is 0.156 e. The number of aliphatic imine (C=N–C) groups is 1. The van der Waals surface area contributed by atoms with Gasteiger partial charge in [-0.1, -0.05) is 48.5 Å². The van der Waals surface area contributed by atoms with E-state index in [-0.39, 0.29) is 11.5 Å². The first kappa shape index (κ1) is 15.8. The van der Waals surface area contributed by atoms with Crippen LogP contribution in [0.3, 0.4) is 0 Å². The minimum absolute atomic E-state index is 0.00130. The highest BCUT2D eigenvalue weighted by Crippen LogP contribution is 2.28. The molecule has 0 spiro atoms. The van der Waals surface area contributed by atoms with Crippen LogP contribution in [-0.2, 0) is 0 Å². The van der Waals surface area contributed by atoms with Gasteiger partial charge in [0.25, 0.3) is 0 Å². The smallest absolute Gasteiger partial charge is 0.156 e. The Morgan fingerprint density at radius 2 is 1.50 bits per heavy atom. The zero-order chi connectivity index (χ0) is 17.9. The van der Waals surface area contributed by atoms with Crippen LogP contribution in [0.25, 0.3) is 5.70 Å². The number of hydrazine groups is 1. The molecule has 0 unspecified atom stereocenters. The van der Waals surface area contributed by atoms with Crippen LogP contribution in [-0.4, -0.2) is 16.0 Å². The molecule has 0 saturated carbocycles. The molecular weight excluding hydrogens is 326 g/mol. The zero-order valence-corrected chi connectivity index (χ0v) is 13.9. The third kappa shape index (κ3) is 3.10. The molecule has 3 aromatic rings. The van der Waals surface area contributed by atoms with Gasteiger partial charge in [0.2, 0.25) is 0 Å². The van der Waals surface area contributed by atoms with Gasteiger partial charge in [-0.15, -0.1) is 0 Å². The number of nitrogens with zero attached hydrogens (tertiary/aromatic N) is 2. The average Bonchev–Trinajstić information content (AvgIpc) is 2.69. The Labute approximate surface area is 151 Å². The molecule has 1 aliphatic heterocycles. The van der Waals surface area contributed by atoms with Crippen LogP contribution in [0.1, 0.15) is 11.1 Å². The third-order valence-electron chi connectivity index (χ3n) is 4.05. The fourth-order valence-corrected chi connectivity index (χ4v) is 2.76. The first-order chi connectivity index (χ1) is 12.7. The van der Waals surface area contributed by atoms with Crippen molar-refractivity contribution in [2.45, 2.75) is 0 Å². The molecule has 1 heterocycles. The molecule has 5 heteroatoms. The number of hydrogen-bond acceptors (Lipinski definition) is 5. The molecule has 0 atom stereocenters. The third-order valence-corrected chi connectivity index (χ3v) is 4.05. The van der Waals surface area contributed by atoms with Crippen LogP contribution in [0, 0.1) is 0 Å². The molecule has 3 N–H and O–H groups in total. The molecule has 0 radical (unpaired) electrons. The number of hydrogen-bond donors (Lipinski definition) is 3. The van der Waals surface area contributed by atoms with E-state index in [1.165, 1.54) is 12.1 Å². The van der Waals surface area contributed by atoms with Crippen molar-refractivity contribution in [2.75, 3.05) is 5.01 Å². The van der Waals surface area contributed by atoms with E-state index in [1.54, 1.807) is 6.07 Å². The molecule has 0 fully saturated rings. The van der Waals surface area contributed by atoms with Crippen molar-refractivity contribution in [1.29, 1.82) is 0 Å². The van der Waals surface area contributed by atoms with Gasteiger partial charge < -0.3 is 10.2 Å². The molecule has 26 heavy (non-hydrogen) atoms. The van der Waals surface area contributed by atoms with E-state index in [1.807, 2.05) is 71.9 Å². The Hall–Kier alpha value is -3.73. The molecule has 0 amide bonds. The number of phenolic OH excluding ortho intramolecular Hbond substituents is 2. The SMILES string of the molecule is Oc1ccc(C2=NC(c3ccccc3)=CN(c3ccccc3)N2)c(O)c1. The van der Waals surface area contributed by atoms with Crippen molar-refractivity contribution < 1.29 is 10.2 Å². The molecule has 0 saturated heterocycles. The second-order valence-electron chi connectivity index (χ2n) is 5.86. The molecule has 0 bridgehead atoms. The lowest BCUT2D eigenvalue weighted by atomic mass is 10.1. The highest BCUT2D eigenvalue weighted by atomic mass is 16.3. The highest BCUT2D eigenvalue weighted by molar-refractivity contribution is 6.06. The van der Waals surface area contributed by atoms with E-state index in [0.717, 1.165) is 16.9 Å². The zero-order valence-electron chi connectivity index (χ0n) is 13.9. The van der Waals surface area contributed by atoms with Crippen LogP contribution in [0.2, 0.25) is 0 Å². The summed E-state index contributed by atoms with van der Waals surface area (Å²) in [6.07, 6.45) is 1.91. The van der Waals surface area contributed by atoms with Gasteiger partial charge in [0.15, 0.2) is 5.84 Å². The van der Waals surface area contributed by atoms with Gasteiger partial charge in [-0.3, -0.25) is 10.4 Å². The van der Waals surface area contributed by atoms with Crippen LogP contribution < -0.4 is 10.4 Å². The summed E-state index contributed by atoms with van der Waals surface area (Å²) in [4.78, 5) is 4.67. The maximum atomic E-state index is 10.2. The second-order valence-corrected chi connectivity index (χ2v) is 5.86. The summed E-state index contributed by atoms with van der Waals surface area (Å²) in [7, 11) is 0. The summed E-state index contributed by atoms with van der Waals surface area (Å²) in [6.45, 7) is 0. The van der Waals surface area contributed by atoms with Crippen LogP contribution in [0.5, 0.6) is 11.5 Å². The van der Waals surface area contributed by atoms with Gasteiger partial charge in [-0.2, -0.15) is 0 Å². The monoisotopic (exact) mass is 343 g/mol. The molecule has 5 nitrogen and oxygen atoms in total. The van der Waals surface area contributed by atoms with Crippen LogP contribution in [0.15, 0.2) is 90.1 Å². The maximum absolute atomic E-state index is 10.2. The van der Waals surface area contributed by atoms with Crippen molar-refractivity contribution in [3.63, 3.8) is 0 Å². The summed E-state index contributed by atoms with van der Waals surface area (Å²) < 4.78 is 0. The summed E-state index contributed by atoms with van der Waals surface area (Å²) in [5, 5.41) is 21.7. The minimum Gasteiger partial charge on any atom is -0.508 e. The van der Waals surface area contributed by atoms with Gasteiger partial charge in [0.05, 0.1) is 23.1 Å². The van der Waals surface area contributed by atoms with Gasteiger partial charge in [0.1, 0.15) is 11.5 Å². The Morgan fingerprint density at radius 3 is 2.19 bits per heavy atom. The normalized spacial score (nSPS) is 13.6. The lowest BCUT2D eigenvalue weighted by Gasteiger charge is -2.28. The van der Waals surface area contributed by atoms with Gasteiger partial charge in [0, 0.05) is 11.6 Å². The van der Waals surface area contributed by atoms with E-state index < -0.39 is 0 Å². The van der Waals surface area contributed by atoms with Crippen molar-refractivity contribution in [3.8, 4) is 11.5 Å². The fourth-order valence-electron chi connectivity index (χ4n) is 2.76. The van der Waals surface area contributed by atoms with E-state index in [4.69, 9.17) is 0 Å². The lowest BCUT2D eigenvalue weighted by Crippen LogP contribution is -2.41. The quantitative estimate of drug-likeness (QED) is 0.675. The molecule has 128 valence electrons.